The highest BCUT2D eigenvalue weighted by Gasteiger charge is 2.34. The number of para-hydroxylation sites is 1. The summed E-state index contributed by atoms with van der Waals surface area (Å²) < 4.78 is 0. The number of fused-ring (bicyclic) bond motifs is 1. The SMILES string of the molecule is CC1CN(c2ccccc2Cl)C(=O)CN1C(=O)c1ccc2ncccc2c1. The molecule has 0 radical (unpaired) electrons. The van der Waals surface area contributed by atoms with Crippen molar-refractivity contribution in [2.75, 3.05) is 18.0 Å². The lowest BCUT2D eigenvalue weighted by Crippen LogP contribution is -2.57. The maximum absolute atomic E-state index is 13.0. The molecule has 4 rings (SSSR count). The second kappa shape index (κ2) is 7.00. The third kappa shape index (κ3) is 3.26. The van der Waals surface area contributed by atoms with Crippen LogP contribution in [0.25, 0.3) is 10.9 Å². The van der Waals surface area contributed by atoms with E-state index in [0.29, 0.717) is 22.8 Å². The number of piperazine rings is 1. The van der Waals surface area contributed by atoms with Crippen molar-refractivity contribution in [1.82, 2.24) is 9.88 Å². The van der Waals surface area contributed by atoms with Crippen LogP contribution in [0, 0.1) is 0 Å². The van der Waals surface area contributed by atoms with Gasteiger partial charge < -0.3 is 9.80 Å². The monoisotopic (exact) mass is 379 g/mol. The molecule has 2 amide bonds. The van der Waals surface area contributed by atoms with Gasteiger partial charge in [0, 0.05) is 29.7 Å². The van der Waals surface area contributed by atoms with Crippen molar-refractivity contribution in [2.24, 2.45) is 0 Å². The Balaban J connectivity index is 1.59. The first kappa shape index (κ1) is 17.5. The van der Waals surface area contributed by atoms with Gasteiger partial charge in [-0.2, -0.15) is 0 Å². The van der Waals surface area contributed by atoms with E-state index in [1.54, 1.807) is 28.1 Å². The Kier molecular flexibility index (Phi) is 4.54. The van der Waals surface area contributed by atoms with Gasteiger partial charge in [0.2, 0.25) is 5.91 Å². The Morgan fingerprint density at radius 1 is 1.15 bits per heavy atom. The first-order valence-corrected chi connectivity index (χ1v) is 9.13. The Labute approximate surface area is 162 Å². The number of hydrogen-bond acceptors (Lipinski definition) is 3. The van der Waals surface area contributed by atoms with Crippen LogP contribution >= 0.6 is 11.6 Å². The van der Waals surface area contributed by atoms with E-state index in [9.17, 15) is 9.59 Å². The number of halogens is 1. The van der Waals surface area contributed by atoms with E-state index in [2.05, 4.69) is 4.98 Å². The van der Waals surface area contributed by atoms with Gasteiger partial charge in [-0.15, -0.1) is 0 Å². The molecule has 0 aliphatic carbocycles. The zero-order valence-corrected chi connectivity index (χ0v) is 15.6. The fourth-order valence-corrected chi connectivity index (χ4v) is 3.64. The molecule has 3 aromatic rings. The molecule has 0 saturated carbocycles. The second-order valence-corrected chi connectivity index (χ2v) is 7.06. The fraction of sp³-hybridized carbons (Fsp3) is 0.190. The van der Waals surface area contributed by atoms with Crippen LogP contribution in [-0.2, 0) is 4.79 Å². The van der Waals surface area contributed by atoms with Crippen molar-refractivity contribution in [1.29, 1.82) is 0 Å². The number of nitrogens with zero attached hydrogens (tertiary/aromatic N) is 3. The number of anilines is 1. The van der Waals surface area contributed by atoms with Gasteiger partial charge in [-0.05, 0) is 43.3 Å². The molecule has 6 heteroatoms. The number of benzene rings is 2. The number of rotatable bonds is 2. The minimum Gasteiger partial charge on any atom is -0.325 e. The summed E-state index contributed by atoms with van der Waals surface area (Å²) in [5, 5.41) is 1.43. The number of amides is 2. The second-order valence-electron chi connectivity index (χ2n) is 6.65. The topological polar surface area (TPSA) is 53.5 Å². The highest BCUT2D eigenvalue weighted by Crippen LogP contribution is 2.28. The lowest BCUT2D eigenvalue weighted by Gasteiger charge is -2.39. The lowest BCUT2D eigenvalue weighted by atomic mass is 10.1. The van der Waals surface area contributed by atoms with Crippen molar-refractivity contribution < 1.29 is 9.59 Å². The van der Waals surface area contributed by atoms with Gasteiger partial charge >= 0.3 is 0 Å². The van der Waals surface area contributed by atoms with E-state index in [1.165, 1.54) is 0 Å². The van der Waals surface area contributed by atoms with Crippen LogP contribution in [0.3, 0.4) is 0 Å². The van der Waals surface area contributed by atoms with Crippen molar-refractivity contribution in [2.45, 2.75) is 13.0 Å². The summed E-state index contributed by atoms with van der Waals surface area (Å²) in [5.74, 6) is -0.294. The smallest absolute Gasteiger partial charge is 0.254 e. The molecule has 2 heterocycles. The first-order valence-electron chi connectivity index (χ1n) is 8.75. The number of pyridine rings is 1. The molecule has 0 N–H and O–H groups in total. The van der Waals surface area contributed by atoms with Gasteiger partial charge in [0.05, 0.1) is 16.2 Å². The molecule has 1 fully saturated rings. The van der Waals surface area contributed by atoms with Gasteiger partial charge in [-0.25, -0.2) is 0 Å². The molecule has 1 aliphatic rings. The predicted molar refractivity (Wildman–Crippen MR) is 106 cm³/mol. The number of carbonyl (C=O) groups excluding carboxylic acids is 2. The maximum atomic E-state index is 13.0. The molecule has 2 aromatic carbocycles. The minimum atomic E-state index is -0.152. The summed E-state index contributed by atoms with van der Waals surface area (Å²) in [4.78, 5) is 33.3. The van der Waals surface area contributed by atoms with Gasteiger partial charge in [-0.1, -0.05) is 29.8 Å². The number of hydrogen-bond donors (Lipinski definition) is 0. The summed E-state index contributed by atoms with van der Waals surface area (Å²) in [7, 11) is 0. The Hall–Kier alpha value is -2.92. The van der Waals surface area contributed by atoms with E-state index in [0.717, 1.165) is 10.9 Å². The van der Waals surface area contributed by atoms with Crippen LogP contribution in [0.4, 0.5) is 5.69 Å². The highest BCUT2D eigenvalue weighted by atomic mass is 35.5. The molecule has 5 nitrogen and oxygen atoms in total. The molecule has 1 saturated heterocycles. The minimum absolute atomic E-state index is 0.0241. The van der Waals surface area contributed by atoms with Crippen molar-refractivity contribution >= 4 is 40.0 Å². The average molecular weight is 380 g/mol. The molecular weight excluding hydrogens is 362 g/mol. The summed E-state index contributed by atoms with van der Waals surface area (Å²) in [6, 6.07) is 16.3. The standard InChI is InChI=1S/C21H18ClN3O2/c1-14-12-25(19-7-3-2-6-17(19)22)20(26)13-24(14)21(27)16-8-9-18-15(11-16)5-4-10-23-18/h2-11,14H,12-13H2,1H3. The lowest BCUT2D eigenvalue weighted by molar-refractivity contribution is -0.121. The average Bonchev–Trinajstić information content (AvgIpc) is 2.69. The van der Waals surface area contributed by atoms with Crippen LogP contribution in [0.15, 0.2) is 60.8 Å². The van der Waals surface area contributed by atoms with Crippen LogP contribution in [0.1, 0.15) is 17.3 Å². The summed E-state index contributed by atoms with van der Waals surface area (Å²) in [6.07, 6.45) is 1.72. The molecule has 1 aromatic heterocycles. The Bertz CT molecular complexity index is 1040. The van der Waals surface area contributed by atoms with E-state index < -0.39 is 0 Å². The van der Waals surface area contributed by atoms with Gasteiger partial charge in [0.1, 0.15) is 6.54 Å². The van der Waals surface area contributed by atoms with E-state index in [-0.39, 0.29) is 24.4 Å². The molecule has 1 aliphatic heterocycles. The first-order chi connectivity index (χ1) is 13.0. The van der Waals surface area contributed by atoms with Crippen LogP contribution in [-0.4, -0.2) is 40.8 Å². The predicted octanol–water partition coefficient (Wildman–Crippen LogP) is 3.77. The Morgan fingerprint density at radius 3 is 2.78 bits per heavy atom. The van der Waals surface area contributed by atoms with Crippen LogP contribution in [0.5, 0.6) is 0 Å². The van der Waals surface area contributed by atoms with Crippen LogP contribution in [0.2, 0.25) is 5.02 Å². The third-order valence-electron chi connectivity index (χ3n) is 4.84. The van der Waals surface area contributed by atoms with Gasteiger partial charge in [-0.3, -0.25) is 14.6 Å². The molecule has 0 bridgehead atoms. The maximum Gasteiger partial charge on any atom is 0.254 e. The molecule has 27 heavy (non-hydrogen) atoms. The zero-order chi connectivity index (χ0) is 19.0. The third-order valence-corrected chi connectivity index (χ3v) is 5.16. The highest BCUT2D eigenvalue weighted by molar-refractivity contribution is 6.33. The molecule has 0 spiro atoms. The Morgan fingerprint density at radius 2 is 1.96 bits per heavy atom. The molecule has 136 valence electrons. The van der Waals surface area contributed by atoms with Crippen molar-refractivity contribution in [3.63, 3.8) is 0 Å². The van der Waals surface area contributed by atoms with Gasteiger partial charge in [0.25, 0.3) is 5.91 Å². The van der Waals surface area contributed by atoms with Gasteiger partial charge in [0.15, 0.2) is 0 Å². The van der Waals surface area contributed by atoms with E-state index >= 15 is 0 Å². The van der Waals surface area contributed by atoms with E-state index in [4.69, 9.17) is 11.6 Å². The molecule has 1 atom stereocenters. The summed E-state index contributed by atoms with van der Waals surface area (Å²) in [5.41, 5.74) is 2.07. The fourth-order valence-electron chi connectivity index (χ4n) is 3.40. The van der Waals surface area contributed by atoms with Crippen LogP contribution < -0.4 is 4.90 Å². The van der Waals surface area contributed by atoms with E-state index in [1.807, 2.05) is 49.4 Å². The number of aromatic nitrogens is 1. The van der Waals surface area contributed by atoms with Crippen molar-refractivity contribution in [3.8, 4) is 0 Å². The molecule has 1 unspecified atom stereocenters. The normalized spacial score (nSPS) is 17.4. The summed E-state index contributed by atoms with van der Waals surface area (Å²) in [6.45, 7) is 2.37. The quantitative estimate of drug-likeness (QED) is 0.681. The van der Waals surface area contributed by atoms with Crippen molar-refractivity contribution in [3.05, 3.63) is 71.4 Å². The summed E-state index contributed by atoms with van der Waals surface area (Å²) >= 11 is 6.24. The zero-order valence-electron chi connectivity index (χ0n) is 14.8. The molecular formula is C21H18ClN3O2. The number of carbonyl (C=O) groups is 2. The largest absolute Gasteiger partial charge is 0.325 e.